The summed E-state index contributed by atoms with van der Waals surface area (Å²) in [6, 6.07) is 7.70. The lowest BCUT2D eigenvalue weighted by atomic mass is 10.2. The second kappa shape index (κ2) is 4.97. The molecule has 102 valence electrons. The standard InChI is InChI=1S/C13H13ClN6/c1-20(6-8-3-2-4-9(14)5-8)12-10-11(17-7-16-10)18-13(15)19-12/h2-5,7H,6H2,1H3,(H3,15,16,17,18,19). The van der Waals surface area contributed by atoms with Crippen molar-refractivity contribution >= 4 is 34.5 Å². The molecule has 2 aromatic heterocycles. The second-order valence-electron chi connectivity index (χ2n) is 4.49. The first-order chi connectivity index (χ1) is 9.63. The maximum Gasteiger partial charge on any atom is 0.224 e. The maximum absolute atomic E-state index is 6.00. The molecule has 0 aliphatic carbocycles. The van der Waals surface area contributed by atoms with Gasteiger partial charge in [0.1, 0.15) is 5.52 Å². The van der Waals surface area contributed by atoms with Crippen molar-refractivity contribution in [2.45, 2.75) is 6.54 Å². The van der Waals surface area contributed by atoms with E-state index in [9.17, 15) is 0 Å². The lowest BCUT2D eigenvalue weighted by Crippen LogP contribution is -2.19. The zero-order valence-electron chi connectivity index (χ0n) is 10.8. The maximum atomic E-state index is 6.00. The monoisotopic (exact) mass is 288 g/mol. The molecule has 1 aromatic carbocycles. The zero-order chi connectivity index (χ0) is 14.1. The van der Waals surface area contributed by atoms with E-state index in [1.54, 1.807) is 6.33 Å². The number of benzene rings is 1. The molecule has 0 aliphatic rings. The zero-order valence-corrected chi connectivity index (χ0v) is 11.6. The minimum atomic E-state index is 0.206. The lowest BCUT2D eigenvalue weighted by Gasteiger charge is -2.19. The largest absolute Gasteiger partial charge is 0.368 e. The van der Waals surface area contributed by atoms with Gasteiger partial charge >= 0.3 is 0 Å². The number of anilines is 2. The van der Waals surface area contributed by atoms with Crippen LogP contribution in [0.1, 0.15) is 5.56 Å². The van der Waals surface area contributed by atoms with Gasteiger partial charge in [0, 0.05) is 18.6 Å². The molecular formula is C13H13ClN6. The number of nitrogens with two attached hydrogens (primary N) is 1. The molecule has 3 N–H and O–H groups in total. The molecule has 3 rings (SSSR count). The van der Waals surface area contributed by atoms with Gasteiger partial charge in [-0.25, -0.2) is 4.98 Å². The molecule has 20 heavy (non-hydrogen) atoms. The van der Waals surface area contributed by atoms with Crippen LogP contribution in [0.2, 0.25) is 5.02 Å². The molecule has 0 bridgehead atoms. The third-order valence-electron chi connectivity index (χ3n) is 2.95. The van der Waals surface area contributed by atoms with E-state index < -0.39 is 0 Å². The van der Waals surface area contributed by atoms with Gasteiger partial charge in [0.15, 0.2) is 11.5 Å². The summed E-state index contributed by atoms with van der Waals surface area (Å²) < 4.78 is 0. The van der Waals surface area contributed by atoms with Crippen LogP contribution in [-0.4, -0.2) is 27.0 Å². The highest BCUT2D eigenvalue weighted by Crippen LogP contribution is 2.22. The van der Waals surface area contributed by atoms with E-state index in [0.717, 1.165) is 11.1 Å². The van der Waals surface area contributed by atoms with Crippen LogP contribution in [0.15, 0.2) is 30.6 Å². The second-order valence-corrected chi connectivity index (χ2v) is 4.93. The number of hydrogen-bond acceptors (Lipinski definition) is 5. The fraction of sp³-hybridized carbons (Fsp3) is 0.154. The number of H-pyrrole nitrogens is 1. The third kappa shape index (κ3) is 2.37. The Morgan fingerprint density at radius 3 is 3.00 bits per heavy atom. The number of aromatic nitrogens is 4. The lowest BCUT2D eigenvalue weighted by molar-refractivity contribution is 0.900. The molecular weight excluding hydrogens is 276 g/mol. The quantitative estimate of drug-likeness (QED) is 0.772. The van der Waals surface area contributed by atoms with E-state index in [0.29, 0.717) is 23.0 Å². The van der Waals surface area contributed by atoms with Crippen LogP contribution in [-0.2, 0) is 6.54 Å². The van der Waals surface area contributed by atoms with E-state index in [-0.39, 0.29) is 5.95 Å². The fourth-order valence-corrected chi connectivity index (χ4v) is 2.31. The number of imidazole rings is 1. The van der Waals surface area contributed by atoms with Crippen molar-refractivity contribution in [3.63, 3.8) is 0 Å². The van der Waals surface area contributed by atoms with Gasteiger partial charge in [0.25, 0.3) is 0 Å². The average Bonchev–Trinajstić information content (AvgIpc) is 2.85. The molecule has 0 atom stereocenters. The highest BCUT2D eigenvalue weighted by Gasteiger charge is 2.13. The number of halogens is 1. The summed E-state index contributed by atoms with van der Waals surface area (Å²) in [5.74, 6) is 0.919. The number of aromatic amines is 1. The summed E-state index contributed by atoms with van der Waals surface area (Å²) in [6.45, 7) is 0.658. The smallest absolute Gasteiger partial charge is 0.224 e. The number of nitrogens with zero attached hydrogens (tertiary/aromatic N) is 4. The summed E-state index contributed by atoms with van der Waals surface area (Å²) in [6.07, 6.45) is 1.58. The Morgan fingerprint density at radius 1 is 1.35 bits per heavy atom. The van der Waals surface area contributed by atoms with Crippen LogP contribution in [0.5, 0.6) is 0 Å². The number of rotatable bonds is 3. The molecule has 6 nitrogen and oxygen atoms in total. The normalized spacial score (nSPS) is 10.9. The van der Waals surface area contributed by atoms with Gasteiger partial charge in [-0.15, -0.1) is 0 Å². The molecule has 2 heterocycles. The van der Waals surface area contributed by atoms with Crippen molar-refractivity contribution in [2.75, 3.05) is 17.7 Å². The van der Waals surface area contributed by atoms with Crippen LogP contribution < -0.4 is 10.6 Å². The Bertz CT molecular complexity index is 753. The van der Waals surface area contributed by atoms with Gasteiger partial charge in [-0.2, -0.15) is 9.97 Å². The highest BCUT2D eigenvalue weighted by atomic mass is 35.5. The molecule has 0 spiro atoms. The topological polar surface area (TPSA) is 83.7 Å². The predicted octanol–water partition coefficient (Wildman–Crippen LogP) is 2.22. The van der Waals surface area contributed by atoms with Crippen molar-refractivity contribution in [3.8, 4) is 0 Å². The summed E-state index contributed by atoms with van der Waals surface area (Å²) in [7, 11) is 1.93. The first kappa shape index (κ1) is 12.7. The SMILES string of the molecule is CN(Cc1cccc(Cl)c1)c1nc(N)nc2nc[nH]c12. The van der Waals surface area contributed by atoms with Crippen LogP contribution in [0.25, 0.3) is 11.2 Å². The van der Waals surface area contributed by atoms with Crippen molar-refractivity contribution in [1.82, 2.24) is 19.9 Å². The van der Waals surface area contributed by atoms with E-state index in [4.69, 9.17) is 17.3 Å². The minimum absolute atomic E-state index is 0.206. The molecule has 7 heteroatoms. The minimum Gasteiger partial charge on any atom is -0.368 e. The molecule has 3 aromatic rings. The van der Waals surface area contributed by atoms with Gasteiger partial charge in [-0.1, -0.05) is 23.7 Å². The Kier molecular flexibility index (Phi) is 3.15. The third-order valence-corrected chi connectivity index (χ3v) is 3.19. The van der Waals surface area contributed by atoms with Gasteiger partial charge in [-0.05, 0) is 17.7 Å². The fourth-order valence-electron chi connectivity index (χ4n) is 2.09. The molecule has 0 unspecified atom stereocenters. The first-order valence-electron chi connectivity index (χ1n) is 6.05. The Labute approximate surface area is 120 Å². The van der Waals surface area contributed by atoms with E-state index in [1.807, 2.05) is 36.2 Å². The van der Waals surface area contributed by atoms with Crippen LogP contribution in [0.3, 0.4) is 0 Å². The Morgan fingerprint density at radius 2 is 2.20 bits per heavy atom. The van der Waals surface area contributed by atoms with E-state index >= 15 is 0 Å². The Balaban J connectivity index is 1.96. The number of nitrogens with one attached hydrogen (secondary N) is 1. The predicted molar refractivity (Wildman–Crippen MR) is 79.7 cm³/mol. The molecule has 0 amide bonds. The van der Waals surface area contributed by atoms with E-state index in [1.165, 1.54) is 0 Å². The number of hydrogen-bond donors (Lipinski definition) is 2. The molecule has 0 saturated heterocycles. The highest BCUT2D eigenvalue weighted by molar-refractivity contribution is 6.30. The van der Waals surface area contributed by atoms with Crippen LogP contribution >= 0.6 is 11.6 Å². The number of fused-ring (bicyclic) bond motifs is 1. The molecule has 0 fully saturated rings. The van der Waals surface area contributed by atoms with Gasteiger partial charge in [0.2, 0.25) is 5.95 Å². The van der Waals surface area contributed by atoms with Crippen molar-refractivity contribution in [2.24, 2.45) is 0 Å². The summed E-state index contributed by atoms with van der Waals surface area (Å²) in [5, 5.41) is 0.713. The molecule has 0 aliphatic heterocycles. The van der Waals surface area contributed by atoms with Crippen LogP contribution in [0, 0.1) is 0 Å². The summed E-state index contributed by atoms with van der Waals surface area (Å²) >= 11 is 6.00. The van der Waals surface area contributed by atoms with Crippen molar-refractivity contribution < 1.29 is 0 Å². The molecule has 0 saturated carbocycles. The van der Waals surface area contributed by atoms with Gasteiger partial charge < -0.3 is 15.6 Å². The first-order valence-corrected chi connectivity index (χ1v) is 6.43. The number of nitrogen functional groups attached to an aromatic ring is 1. The molecule has 0 radical (unpaired) electrons. The van der Waals surface area contributed by atoms with Crippen LogP contribution in [0.4, 0.5) is 11.8 Å². The van der Waals surface area contributed by atoms with E-state index in [2.05, 4.69) is 19.9 Å². The van der Waals surface area contributed by atoms with Gasteiger partial charge in [0.05, 0.1) is 6.33 Å². The van der Waals surface area contributed by atoms with Crippen molar-refractivity contribution in [1.29, 1.82) is 0 Å². The summed E-state index contributed by atoms with van der Waals surface area (Å²) in [5.41, 5.74) is 8.13. The average molecular weight is 289 g/mol. The Hall–Kier alpha value is -2.34. The van der Waals surface area contributed by atoms with Crippen molar-refractivity contribution in [3.05, 3.63) is 41.2 Å². The summed E-state index contributed by atoms with van der Waals surface area (Å²) in [4.78, 5) is 17.5. The van der Waals surface area contributed by atoms with Gasteiger partial charge in [-0.3, -0.25) is 0 Å².